The molecule has 16 heteroatoms. The Morgan fingerprint density at radius 3 is 2.26 bits per heavy atom. The minimum Gasteiger partial charge on any atom is -0.444 e. The molecule has 7 nitrogen and oxygen atoms in total. The molecule has 0 spiro atoms. The van der Waals surface area contributed by atoms with E-state index < -0.39 is 70.0 Å². The van der Waals surface area contributed by atoms with Crippen LogP contribution >= 0.6 is 23.2 Å². The summed E-state index contributed by atoms with van der Waals surface area (Å²) in [5, 5.41) is 0.932. The molecule has 1 heterocycles. The van der Waals surface area contributed by atoms with Gasteiger partial charge in [-0.15, -0.1) is 13.2 Å². The van der Waals surface area contributed by atoms with Crippen LogP contribution in [0.25, 0.3) is 0 Å². The van der Waals surface area contributed by atoms with Gasteiger partial charge in [0.05, 0.1) is 22.2 Å². The Balaban J connectivity index is 1.94. The second kappa shape index (κ2) is 10.9. The van der Waals surface area contributed by atoms with Gasteiger partial charge in [-0.1, -0.05) is 23.2 Å². The summed E-state index contributed by atoms with van der Waals surface area (Å²) in [4.78, 5) is 20.8. The molecule has 1 saturated heterocycles. The lowest BCUT2D eigenvalue weighted by atomic mass is 9.90. The van der Waals surface area contributed by atoms with E-state index >= 15 is 0 Å². The Morgan fingerprint density at radius 2 is 1.72 bits per heavy atom. The van der Waals surface area contributed by atoms with Crippen LogP contribution in [0.3, 0.4) is 0 Å². The first kappa shape index (κ1) is 30.6. The number of ether oxygens (including phenoxy) is 2. The van der Waals surface area contributed by atoms with Gasteiger partial charge in [0, 0.05) is 12.1 Å². The molecule has 1 fully saturated rings. The van der Waals surface area contributed by atoms with Crippen molar-refractivity contribution in [3.8, 4) is 5.75 Å². The average Bonchev–Trinajstić information content (AvgIpc) is 3.20. The van der Waals surface area contributed by atoms with Crippen LogP contribution in [0, 0.1) is 5.82 Å². The predicted molar refractivity (Wildman–Crippen MR) is 126 cm³/mol. The number of hydrogen-bond donors (Lipinski definition) is 2. The van der Waals surface area contributed by atoms with Crippen LogP contribution in [-0.2, 0) is 21.7 Å². The third-order valence-corrected chi connectivity index (χ3v) is 5.57. The van der Waals surface area contributed by atoms with Crippen LogP contribution in [0.1, 0.15) is 38.3 Å². The lowest BCUT2D eigenvalue weighted by Gasteiger charge is -2.29. The molecule has 3 rings (SSSR count). The minimum absolute atomic E-state index is 0.107. The molecule has 1 aliphatic rings. The molecular formula is C23H20Cl2F7N3O4. The molecule has 2 N–H and O–H groups in total. The van der Waals surface area contributed by atoms with E-state index in [-0.39, 0.29) is 17.1 Å². The predicted octanol–water partition coefficient (Wildman–Crippen LogP) is 7.47. The maximum atomic E-state index is 14.2. The molecule has 1 amide bonds. The Hall–Kier alpha value is -2.97. The Kier molecular flexibility index (Phi) is 8.54. The number of aliphatic imine (C=N–C) groups is 1. The maximum Gasteiger partial charge on any atom is 0.573 e. The standard InChI is InChI=1S/C23H20Cl2F7N3O4/c1-20(2,3)38-19(36)33-10-11-6-13(4-5-16(11)37-23(30,31)32)34-17-9-21(39-35-17,22(27,28)29)12-7-14(24)18(26)15(25)8-12/h4-8H,9-10H2,1-3H3,(H,33,36)(H,34,35). The van der Waals surface area contributed by atoms with E-state index in [0.717, 1.165) is 18.2 Å². The van der Waals surface area contributed by atoms with E-state index in [1.54, 1.807) is 20.8 Å². The molecule has 0 saturated carbocycles. The summed E-state index contributed by atoms with van der Waals surface area (Å²) in [6, 6.07) is 4.42. The van der Waals surface area contributed by atoms with Crippen LogP contribution in [0.5, 0.6) is 5.75 Å². The summed E-state index contributed by atoms with van der Waals surface area (Å²) >= 11 is 11.4. The summed E-state index contributed by atoms with van der Waals surface area (Å²) in [6.07, 6.45) is -12.0. The molecule has 2 aromatic carbocycles. The smallest absolute Gasteiger partial charge is 0.444 e. The zero-order chi connectivity index (χ0) is 29.4. The number of alkyl carbamates (subject to hydrolysis) is 1. The molecule has 39 heavy (non-hydrogen) atoms. The third kappa shape index (κ3) is 7.57. The highest BCUT2D eigenvalue weighted by atomic mass is 35.5. The quantitative estimate of drug-likeness (QED) is 0.273. The number of nitrogens with one attached hydrogen (secondary N) is 2. The Morgan fingerprint density at radius 1 is 1.10 bits per heavy atom. The normalized spacial score (nSPS) is 19.1. The van der Waals surface area contributed by atoms with Crippen molar-refractivity contribution in [1.29, 1.82) is 0 Å². The van der Waals surface area contributed by atoms with Crippen LogP contribution in [0.2, 0.25) is 10.0 Å². The highest BCUT2D eigenvalue weighted by molar-refractivity contribution is 6.35. The fourth-order valence-corrected chi connectivity index (χ4v) is 3.91. The first-order valence-corrected chi connectivity index (χ1v) is 11.6. The van der Waals surface area contributed by atoms with Gasteiger partial charge in [-0.2, -0.15) is 13.2 Å². The number of benzene rings is 2. The van der Waals surface area contributed by atoms with Gasteiger partial charge in [0.1, 0.15) is 17.2 Å². The molecule has 0 radical (unpaired) electrons. The van der Waals surface area contributed by atoms with Crippen molar-refractivity contribution < 1.29 is 49.8 Å². The SMILES string of the molecule is CC(C)(C)OC(=O)NCc1cc(N=C2CC(c3cc(Cl)c(F)c(Cl)c3)(C(F)(F)F)ON2)ccc1OC(F)(F)F. The number of amides is 1. The van der Waals surface area contributed by atoms with Gasteiger partial charge in [0.25, 0.3) is 0 Å². The average molecular weight is 606 g/mol. The zero-order valence-corrected chi connectivity index (χ0v) is 21.8. The minimum atomic E-state index is -5.07. The van der Waals surface area contributed by atoms with Crippen molar-refractivity contribution in [2.75, 3.05) is 0 Å². The van der Waals surface area contributed by atoms with Crippen molar-refractivity contribution in [1.82, 2.24) is 10.8 Å². The second-order valence-corrected chi connectivity index (χ2v) is 10.0. The number of carbonyl (C=O) groups excluding carboxylic acids is 1. The van der Waals surface area contributed by atoms with Gasteiger partial charge in [-0.05, 0) is 56.7 Å². The van der Waals surface area contributed by atoms with E-state index in [4.69, 9.17) is 32.8 Å². The Labute approximate surface area is 227 Å². The van der Waals surface area contributed by atoms with Crippen molar-refractivity contribution in [2.24, 2.45) is 4.99 Å². The van der Waals surface area contributed by atoms with Gasteiger partial charge in [0.15, 0.2) is 5.82 Å². The summed E-state index contributed by atoms with van der Waals surface area (Å²) in [7, 11) is 0. The fourth-order valence-electron chi connectivity index (χ4n) is 3.42. The largest absolute Gasteiger partial charge is 0.573 e. The van der Waals surface area contributed by atoms with Gasteiger partial charge >= 0.3 is 18.6 Å². The summed E-state index contributed by atoms with van der Waals surface area (Å²) in [5.41, 5.74) is -2.83. The molecule has 1 unspecified atom stereocenters. The number of amidine groups is 1. The number of hydroxylamine groups is 1. The molecule has 0 bridgehead atoms. The molecule has 0 aromatic heterocycles. The Bertz CT molecular complexity index is 1260. The fraction of sp³-hybridized carbons (Fsp3) is 0.391. The first-order chi connectivity index (χ1) is 17.8. The monoisotopic (exact) mass is 605 g/mol. The first-order valence-electron chi connectivity index (χ1n) is 10.9. The van der Waals surface area contributed by atoms with Gasteiger partial charge in [-0.3, -0.25) is 10.3 Å². The molecule has 1 aliphatic heterocycles. The lowest BCUT2D eigenvalue weighted by molar-refractivity contribution is -0.282. The molecule has 0 aliphatic carbocycles. The summed E-state index contributed by atoms with van der Waals surface area (Å²) in [6.45, 7) is 4.23. The van der Waals surface area contributed by atoms with E-state index in [1.807, 2.05) is 0 Å². The zero-order valence-electron chi connectivity index (χ0n) is 20.3. The van der Waals surface area contributed by atoms with E-state index in [0.29, 0.717) is 12.1 Å². The summed E-state index contributed by atoms with van der Waals surface area (Å²) < 4.78 is 104. The van der Waals surface area contributed by atoms with Crippen LogP contribution in [0.15, 0.2) is 35.3 Å². The van der Waals surface area contributed by atoms with Crippen molar-refractivity contribution >= 4 is 40.8 Å². The van der Waals surface area contributed by atoms with Crippen LogP contribution in [-0.4, -0.2) is 30.1 Å². The molecule has 1 atom stereocenters. The molecule has 2 aromatic rings. The summed E-state index contributed by atoms with van der Waals surface area (Å²) in [5.74, 6) is -2.18. The van der Waals surface area contributed by atoms with Gasteiger partial charge in [0.2, 0.25) is 5.60 Å². The van der Waals surface area contributed by atoms with Crippen LogP contribution < -0.4 is 15.5 Å². The number of carbonyl (C=O) groups is 1. The number of hydrogen-bond acceptors (Lipinski definition) is 5. The van der Waals surface area contributed by atoms with Crippen molar-refractivity contribution in [2.45, 2.75) is 57.5 Å². The number of halogens is 9. The van der Waals surface area contributed by atoms with Crippen molar-refractivity contribution in [3.05, 3.63) is 57.3 Å². The second-order valence-electron chi connectivity index (χ2n) is 9.21. The topological polar surface area (TPSA) is 81.2 Å². The lowest BCUT2D eigenvalue weighted by Crippen LogP contribution is -2.42. The van der Waals surface area contributed by atoms with Crippen LogP contribution in [0.4, 0.5) is 41.2 Å². The van der Waals surface area contributed by atoms with E-state index in [9.17, 15) is 35.5 Å². The highest BCUT2D eigenvalue weighted by Crippen LogP contribution is 2.48. The number of rotatable bonds is 5. The molecular weight excluding hydrogens is 586 g/mol. The third-order valence-electron chi connectivity index (χ3n) is 5.02. The molecule has 214 valence electrons. The van der Waals surface area contributed by atoms with E-state index in [2.05, 4.69) is 20.5 Å². The maximum absolute atomic E-state index is 14.2. The van der Waals surface area contributed by atoms with E-state index in [1.165, 1.54) is 0 Å². The van der Waals surface area contributed by atoms with Gasteiger partial charge < -0.3 is 14.8 Å². The number of alkyl halides is 6. The van der Waals surface area contributed by atoms with Gasteiger partial charge in [-0.25, -0.2) is 14.2 Å². The highest BCUT2D eigenvalue weighted by Gasteiger charge is 2.62. The van der Waals surface area contributed by atoms with Crippen molar-refractivity contribution in [3.63, 3.8) is 0 Å². The number of nitrogens with zero attached hydrogens (tertiary/aromatic N) is 1.